The molecule has 0 saturated carbocycles. The number of hydrogen-bond acceptors (Lipinski definition) is 6. The molecule has 0 unspecified atom stereocenters. The number of benzene rings is 2. The standard InChI is InChI=1S/C19H20N2O7S/c1-11(22)21-10-19(2,3)28-17-7-5-13(9-15(17)21)29(26,27)20-12-4-6-16(23)14(8-12)18(24)25/h4-9,20,23H,10H2,1-3H3,(H,24,25). The number of carboxylic acids is 1. The predicted molar refractivity (Wildman–Crippen MR) is 105 cm³/mol. The van der Waals surface area contributed by atoms with Gasteiger partial charge >= 0.3 is 5.97 Å². The van der Waals surface area contributed by atoms with Gasteiger partial charge in [0, 0.05) is 12.6 Å². The molecule has 154 valence electrons. The SMILES string of the molecule is CC(=O)N1CC(C)(C)Oc2ccc(S(=O)(=O)Nc3ccc(O)c(C(=O)O)c3)cc21. The molecule has 9 nitrogen and oxygen atoms in total. The number of aromatic hydroxyl groups is 1. The quantitative estimate of drug-likeness (QED) is 0.647. The molecule has 0 saturated heterocycles. The van der Waals surface area contributed by atoms with E-state index in [0.717, 1.165) is 12.1 Å². The summed E-state index contributed by atoms with van der Waals surface area (Å²) in [4.78, 5) is 24.5. The average Bonchev–Trinajstić information content (AvgIpc) is 2.61. The van der Waals surface area contributed by atoms with Crippen LogP contribution >= 0.6 is 0 Å². The van der Waals surface area contributed by atoms with E-state index in [9.17, 15) is 23.1 Å². The van der Waals surface area contributed by atoms with Gasteiger partial charge in [-0.1, -0.05) is 0 Å². The van der Waals surface area contributed by atoms with Crippen molar-refractivity contribution in [2.45, 2.75) is 31.3 Å². The normalized spacial score (nSPS) is 15.2. The van der Waals surface area contributed by atoms with Gasteiger partial charge in [-0.3, -0.25) is 9.52 Å². The Morgan fingerprint density at radius 2 is 1.86 bits per heavy atom. The second-order valence-corrected chi connectivity index (χ2v) is 8.92. The van der Waals surface area contributed by atoms with Gasteiger partial charge in [-0.2, -0.15) is 0 Å². The lowest BCUT2D eigenvalue weighted by atomic mass is 10.1. The van der Waals surface area contributed by atoms with Crippen LogP contribution in [0.25, 0.3) is 0 Å². The van der Waals surface area contributed by atoms with Gasteiger partial charge < -0.3 is 19.8 Å². The molecule has 1 heterocycles. The first-order valence-corrected chi connectivity index (χ1v) is 10.1. The van der Waals surface area contributed by atoms with Crippen LogP contribution in [-0.2, 0) is 14.8 Å². The monoisotopic (exact) mass is 420 g/mol. The van der Waals surface area contributed by atoms with Crippen molar-refractivity contribution in [1.29, 1.82) is 0 Å². The number of phenols is 1. The number of aromatic carboxylic acids is 1. The Kier molecular flexibility index (Phi) is 4.91. The highest BCUT2D eigenvalue weighted by Gasteiger charge is 2.34. The molecule has 0 aromatic heterocycles. The highest BCUT2D eigenvalue weighted by molar-refractivity contribution is 7.92. The number of amides is 1. The van der Waals surface area contributed by atoms with Crippen molar-refractivity contribution in [1.82, 2.24) is 0 Å². The molecule has 3 rings (SSSR count). The molecule has 1 aliphatic heterocycles. The molecule has 1 aliphatic rings. The fourth-order valence-corrected chi connectivity index (χ4v) is 4.09. The van der Waals surface area contributed by atoms with Gasteiger partial charge in [0.15, 0.2) is 0 Å². The topological polar surface area (TPSA) is 133 Å². The van der Waals surface area contributed by atoms with E-state index in [1.165, 1.54) is 36.1 Å². The van der Waals surface area contributed by atoms with Crippen LogP contribution < -0.4 is 14.4 Å². The van der Waals surface area contributed by atoms with Gasteiger partial charge in [-0.25, -0.2) is 13.2 Å². The van der Waals surface area contributed by atoms with Crippen LogP contribution in [0, 0.1) is 0 Å². The first kappa shape index (κ1) is 20.5. The molecule has 2 aromatic rings. The smallest absolute Gasteiger partial charge is 0.339 e. The number of carbonyl (C=O) groups excluding carboxylic acids is 1. The molecule has 0 fully saturated rings. The Labute approximate surface area is 167 Å². The molecule has 10 heteroatoms. The Bertz CT molecular complexity index is 1110. The van der Waals surface area contributed by atoms with Crippen LogP contribution in [0.4, 0.5) is 11.4 Å². The Morgan fingerprint density at radius 1 is 1.17 bits per heavy atom. The lowest BCUT2D eigenvalue weighted by molar-refractivity contribution is -0.117. The average molecular weight is 420 g/mol. The molecule has 0 bridgehead atoms. The molecule has 0 spiro atoms. The second-order valence-electron chi connectivity index (χ2n) is 7.24. The number of ether oxygens (including phenoxy) is 1. The van der Waals surface area contributed by atoms with Crippen molar-refractivity contribution in [3.63, 3.8) is 0 Å². The van der Waals surface area contributed by atoms with Crippen LogP contribution in [-0.4, -0.2) is 42.7 Å². The van der Waals surface area contributed by atoms with Crippen LogP contribution in [0.1, 0.15) is 31.1 Å². The third kappa shape index (κ3) is 4.11. The minimum absolute atomic E-state index is 0.0290. The molecule has 1 amide bonds. The fraction of sp³-hybridized carbons (Fsp3) is 0.263. The first-order valence-electron chi connectivity index (χ1n) is 8.60. The van der Waals surface area contributed by atoms with Crippen molar-refractivity contribution in [2.75, 3.05) is 16.2 Å². The third-order valence-electron chi connectivity index (χ3n) is 4.32. The minimum Gasteiger partial charge on any atom is -0.507 e. The Balaban J connectivity index is 1.99. The summed E-state index contributed by atoms with van der Waals surface area (Å²) < 4.78 is 33.7. The largest absolute Gasteiger partial charge is 0.507 e. The fourth-order valence-electron chi connectivity index (χ4n) is 3.02. The number of carboxylic acid groups (broad SMARTS) is 1. The van der Waals surface area contributed by atoms with E-state index < -0.39 is 32.9 Å². The molecule has 29 heavy (non-hydrogen) atoms. The maximum atomic E-state index is 12.8. The Hall–Kier alpha value is -3.27. The number of nitrogens with zero attached hydrogens (tertiary/aromatic N) is 1. The van der Waals surface area contributed by atoms with Crippen molar-refractivity contribution < 1.29 is 33.0 Å². The number of carbonyl (C=O) groups is 2. The van der Waals surface area contributed by atoms with Crippen LogP contribution in [0.5, 0.6) is 11.5 Å². The van der Waals surface area contributed by atoms with Gasteiger partial charge in [0.05, 0.1) is 17.1 Å². The summed E-state index contributed by atoms with van der Waals surface area (Å²) in [6.45, 7) is 5.28. The van der Waals surface area contributed by atoms with Crippen molar-refractivity contribution >= 4 is 33.3 Å². The summed E-state index contributed by atoms with van der Waals surface area (Å²) in [5.74, 6) is -1.75. The maximum absolute atomic E-state index is 12.8. The predicted octanol–water partition coefficient (Wildman–Crippen LogP) is 2.42. The summed E-state index contributed by atoms with van der Waals surface area (Å²) in [7, 11) is -4.10. The molecule has 0 atom stereocenters. The number of hydrogen-bond donors (Lipinski definition) is 3. The van der Waals surface area contributed by atoms with E-state index in [1.54, 1.807) is 0 Å². The van der Waals surface area contributed by atoms with Crippen molar-refractivity contribution in [2.24, 2.45) is 0 Å². The summed E-state index contributed by atoms with van der Waals surface area (Å²) in [5.41, 5.74) is -0.763. The number of rotatable bonds is 4. The number of sulfonamides is 1. The van der Waals surface area contributed by atoms with Gasteiger partial charge in [0.2, 0.25) is 5.91 Å². The van der Waals surface area contributed by atoms with Gasteiger partial charge in [-0.15, -0.1) is 0 Å². The summed E-state index contributed by atoms with van der Waals surface area (Å²) in [6, 6.07) is 7.47. The molecular formula is C19H20N2O7S. The van der Waals surface area contributed by atoms with Crippen LogP contribution in [0.3, 0.4) is 0 Å². The van der Waals surface area contributed by atoms with Crippen molar-refractivity contribution in [3.8, 4) is 11.5 Å². The molecule has 0 radical (unpaired) electrons. The zero-order valence-corrected chi connectivity index (χ0v) is 16.8. The molecule has 2 aromatic carbocycles. The zero-order valence-electron chi connectivity index (χ0n) is 16.0. The highest BCUT2D eigenvalue weighted by Crippen LogP contribution is 2.39. The first-order chi connectivity index (χ1) is 13.4. The Morgan fingerprint density at radius 3 is 2.48 bits per heavy atom. The molecular weight excluding hydrogens is 400 g/mol. The minimum atomic E-state index is -4.10. The number of nitrogens with one attached hydrogen (secondary N) is 1. The van der Waals surface area contributed by atoms with E-state index in [-0.39, 0.29) is 23.0 Å². The van der Waals surface area contributed by atoms with Crippen LogP contribution in [0.2, 0.25) is 0 Å². The van der Waals surface area contributed by atoms with E-state index in [2.05, 4.69) is 4.72 Å². The molecule has 0 aliphatic carbocycles. The maximum Gasteiger partial charge on any atom is 0.339 e. The van der Waals surface area contributed by atoms with E-state index >= 15 is 0 Å². The number of fused-ring (bicyclic) bond motifs is 1. The summed E-state index contributed by atoms with van der Waals surface area (Å²) in [6.07, 6.45) is 0. The zero-order chi connectivity index (χ0) is 21.6. The van der Waals surface area contributed by atoms with E-state index in [1.807, 2.05) is 13.8 Å². The van der Waals surface area contributed by atoms with Gasteiger partial charge in [0.1, 0.15) is 22.7 Å². The second kappa shape index (κ2) is 6.96. The van der Waals surface area contributed by atoms with Gasteiger partial charge in [-0.05, 0) is 50.2 Å². The summed E-state index contributed by atoms with van der Waals surface area (Å²) in [5, 5.41) is 18.6. The van der Waals surface area contributed by atoms with Crippen molar-refractivity contribution in [3.05, 3.63) is 42.0 Å². The third-order valence-corrected chi connectivity index (χ3v) is 5.69. The van der Waals surface area contributed by atoms with Crippen LogP contribution in [0.15, 0.2) is 41.3 Å². The highest BCUT2D eigenvalue weighted by atomic mass is 32.2. The van der Waals surface area contributed by atoms with E-state index in [4.69, 9.17) is 9.84 Å². The van der Waals surface area contributed by atoms with Gasteiger partial charge in [0.25, 0.3) is 10.0 Å². The molecule has 3 N–H and O–H groups in total. The lowest BCUT2D eigenvalue weighted by Gasteiger charge is -2.39. The lowest BCUT2D eigenvalue weighted by Crippen LogP contribution is -2.48. The summed E-state index contributed by atoms with van der Waals surface area (Å²) >= 11 is 0. The van der Waals surface area contributed by atoms with E-state index in [0.29, 0.717) is 11.4 Å². The number of anilines is 2.